The Kier molecular flexibility index (Phi) is 12.8. The van der Waals surface area contributed by atoms with E-state index in [9.17, 15) is 9.18 Å². The third-order valence-corrected chi connectivity index (χ3v) is 19.7. The molecule has 0 amide bonds. The summed E-state index contributed by atoms with van der Waals surface area (Å²) in [5.74, 6) is -0.560. The predicted octanol–water partition coefficient (Wildman–Crippen LogP) is 7.76. The molecule has 0 aliphatic rings. The standard InChI is InChI=1S/C12H12FO2.3C4H9.Sn/c1-3-4-12(15-9(2)14)10-5-7-11(13)8-6-10;3*1-3-4-2;/h1,3,5-8,12H,4H2,2H3;3*1,3-4H2,2H3;/t12-;;;;/m0..../s1. The van der Waals surface area contributed by atoms with Gasteiger partial charge in [-0.05, 0) is 0 Å². The second-order valence-corrected chi connectivity index (χ2v) is 21.0. The molecule has 0 spiro atoms. The second kappa shape index (κ2) is 14.2. The van der Waals surface area contributed by atoms with E-state index in [2.05, 4.69) is 30.9 Å². The van der Waals surface area contributed by atoms with E-state index in [4.69, 9.17) is 4.74 Å². The molecule has 0 unspecified atom stereocenters. The Balaban J connectivity index is 2.97. The number of halogens is 1. The molecule has 28 heavy (non-hydrogen) atoms. The number of benzene rings is 1. The molecule has 1 aromatic rings. The zero-order valence-electron chi connectivity index (χ0n) is 18.3. The minimum absolute atomic E-state index is 0.269. The molecule has 0 heterocycles. The van der Waals surface area contributed by atoms with Crippen molar-refractivity contribution in [3.63, 3.8) is 0 Å². The molecule has 1 aromatic carbocycles. The van der Waals surface area contributed by atoms with Gasteiger partial charge in [0.1, 0.15) is 0 Å². The van der Waals surface area contributed by atoms with E-state index < -0.39 is 18.4 Å². The van der Waals surface area contributed by atoms with Crippen molar-refractivity contribution in [3.05, 3.63) is 45.8 Å². The Labute approximate surface area is 175 Å². The van der Waals surface area contributed by atoms with Gasteiger partial charge in [-0.1, -0.05) is 0 Å². The summed E-state index contributed by atoms with van der Waals surface area (Å²) in [4.78, 5) is 11.6. The number of unbranched alkanes of at least 4 members (excludes halogenated alkanes) is 3. The van der Waals surface area contributed by atoms with Gasteiger partial charge in [0.2, 0.25) is 0 Å². The van der Waals surface area contributed by atoms with Crippen molar-refractivity contribution in [1.82, 2.24) is 0 Å². The van der Waals surface area contributed by atoms with Crippen LogP contribution in [0, 0.1) is 5.82 Å². The van der Waals surface area contributed by atoms with Gasteiger partial charge in [0.05, 0.1) is 0 Å². The molecular weight excluding hydrogens is 458 g/mol. The average Bonchev–Trinajstić information content (AvgIpc) is 2.68. The minimum atomic E-state index is -2.33. The van der Waals surface area contributed by atoms with Crippen LogP contribution in [0.25, 0.3) is 0 Å². The van der Waals surface area contributed by atoms with Crippen LogP contribution in [-0.4, -0.2) is 24.3 Å². The van der Waals surface area contributed by atoms with Crippen molar-refractivity contribution in [2.75, 3.05) is 0 Å². The fourth-order valence-corrected chi connectivity index (χ4v) is 18.2. The molecule has 1 atom stereocenters. The van der Waals surface area contributed by atoms with E-state index in [1.807, 2.05) is 0 Å². The quantitative estimate of drug-likeness (QED) is 0.194. The van der Waals surface area contributed by atoms with Gasteiger partial charge in [0.15, 0.2) is 0 Å². The van der Waals surface area contributed by atoms with Crippen molar-refractivity contribution in [2.24, 2.45) is 0 Å². The molecule has 2 nitrogen and oxygen atoms in total. The second-order valence-electron chi connectivity index (χ2n) is 7.96. The Morgan fingerprint density at radius 1 is 1.00 bits per heavy atom. The van der Waals surface area contributed by atoms with Crippen molar-refractivity contribution < 1.29 is 13.9 Å². The SMILES string of the molecule is CCC[CH2][Sn](/[CH]=C/C[C@H](OC(C)=O)c1ccc(F)cc1)([CH2]CCC)[CH2]CCC. The molecular formula is C24H39FO2Sn. The van der Waals surface area contributed by atoms with E-state index >= 15 is 0 Å². The first kappa shape index (κ1) is 25.2. The maximum absolute atomic E-state index is 13.3. The van der Waals surface area contributed by atoms with Crippen molar-refractivity contribution in [1.29, 1.82) is 0 Å². The molecule has 0 saturated carbocycles. The number of ether oxygens (including phenoxy) is 1. The van der Waals surface area contributed by atoms with Crippen LogP contribution in [0.4, 0.5) is 4.39 Å². The normalized spacial score (nSPS) is 13.0. The summed E-state index contributed by atoms with van der Waals surface area (Å²) < 4.78 is 25.7. The van der Waals surface area contributed by atoms with Crippen LogP contribution in [0.15, 0.2) is 34.4 Å². The number of esters is 1. The van der Waals surface area contributed by atoms with Crippen LogP contribution in [0.3, 0.4) is 0 Å². The average molecular weight is 497 g/mol. The number of carbonyl (C=O) groups excluding carboxylic acids is 1. The van der Waals surface area contributed by atoms with Crippen molar-refractivity contribution in [3.8, 4) is 0 Å². The molecule has 0 radical (unpaired) electrons. The monoisotopic (exact) mass is 498 g/mol. The topological polar surface area (TPSA) is 26.3 Å². The number of rotatable bonds is 14. The predicted molar refractivity (Wildman–Crippen MR) is 120 cm³/mol. The zero-order valence-corrected chi connectivity index (χ0v) is 21.2. The molecule has 0 bridgehead atoms. The van der Waals surface area contributed by atoms with Gasteiger partial charge in [0.25, 0.3) is 0 Å². The Bertz CT molecular complexity index is 561. The van der Waals surface area contributed by atoms with Crippen LogP contribution >= 0.6 is 0 Å². The summed E-state index contributed by atoms with van der Waals surface area (Å²) in [6.07, 6.45) is 10.4. The van der Waals surface area contributed by atoms with E-state index in [0.717, 1.165) is 5.56 Å². The Morgan fingerprint density at radius 2 is 1.50 bits per heavy atom. The molecule has 1 rings (SSSR count). The van der Waals surface area contributed by atoms with Crippen LogP contribution in [-0.2, 0) is 9.53 Å². The molecule has 0 aliphatic carbocycles. The van der Waals surface area contributed by atoms with Gasteiger partial charge < -0.3 is 0 Å². The van der Waals surface area contributed by atoms with E-state index in [0.29, 0.717) is 6.42 Å². The van der Waals surface area contributed by atoms with Gasteiger partial charge in [-0.2, -0.15) is 0 Å². The number of carbonyl (C=O) groups is 1. The first-order valence-corrected chi connectivity index (χ1v) is 18.8. The Hall–Kier alpha value is -0.841. The molecule has 158 valence electrons. The summed E-state index contributed by atoms with van der Waals surface area (Å²) in [6, 6.07) is 6.31. The first-order chi connectivity index (χ1) is 13.5. The summed E-state index contributed by atoms with van der Waals surface area (Å²) in [6.45, 7) is 8.29. The van der Waals surface area contributed by atoms with Gasteiger partial charge in [-0.25, -0.2) is 0 Å². The first-order valence-electron chi connectivity index (χ1n) is 11.1. The zero-order chi connectivity index (χ0) is 20.8. The molecule has 0 N–H and O–H groups in total. The number of hydrogen-bond acceptors (Lipinski definition) is 2. The fraction of sp³-hybridized carbons (Fsp3) is 0.625. The third kappa shape index (κ3) is 9.58. The van der Waals surface area contributed by atoms with Gasteiger partial charge >= 0.3 is 176 Å². The molecule has 0 aliphatic heterocycles. The van der Waals surface area contributed by atoms with Gasteiger partial charge in [-0.15, -0.1) is 0 Å². The van der Waals surface area contributed by atoms with E-state index in [1.54, 1.807) is 12.1 Å². The third-order valence-electron chi connectivity index (χ3n) is 5.46. The van der Waals surface area contributed by atoms with Crippen LogP contribution in [0.5, 0.6) is 0 Å². The van der Waals surface area contributed by atoms with Crippen LogP contribution < -0.4 is 0 Å². The Morgan fingerprint density at radius 3 is 1.93 bits per heavy atom. The van der Waals surface area contributed by atoms with E-state index in [-0.39, 0.29) is 17.9 Å². The summed E-state index contributed by atoms with van der Waals surface area (Å²) in [5.41, 5.74) is 0.859. The van der Waals surface area contributed by atoms with Crippen LogP contribution in [0.2, 0.25) is 13.3 Å². The van der Waals surface area contributed by atoms with E-state index in [1.165, 1.54) is 70.9 Å². The molecule has 0 saturated heterocycles. The fourth-order valence-electron chi connectivity index (χ4n) is 3.78. The molecule has 0 aromatic heterocycles. The summed E-state index contributed by atoms with van der Waals surface area (Å²) in [5, 5.41) is 0. The molecule has 4 heteroatoms. The van der Waals surface area contributed by atoms with Crippen LogP contribution in [0.1, 0.15) is 84.3 Å². The summed E-state index contributed by atoms with van der Waals surface area (Å²) in [7, 11) is 0. The van der Waals surface area contributed by atoms with Crippen molar-refractivity contribution in [2.45, 2.75) is 92.1 Å². The maximum atomic E-state index is 13.3. The number of hydrogen-bond donors (Lipinski definition) is 0. The van der Waals surface area contributed by atoms with Gasteiger partial charge in [-0.3, -0.25) is 0 Å². The molecule has 0 fully saturated rings. The summed E-state index contributed by atoms with van der Waals surface area (Å²) >= 11 is -2.33. The van der Waals surface area contributed by atoms with Gasteiger partial charge in [0, 0.05) is 0 Å². The van der Waals surface area contributed by atoms with Crippen molar-refractivity contribution >= 4 is 24.3 Å².